The monoisotopic (exact) mass is 346 g/mol. The number of carboxylic acids is 1. The number of carboxylic acid groups (broad SMARTS) is 1. The van der Waals surface area contributed by atoms with E-state index in [9.17, 15) is 14.0 Å². The van der Waals surface area contributed by atoms with Crippen LogP contribution in [0.25, 0.3) is 0 Å². The minimum Gasteiger partial charge on any atom is -0.481 e. The van der Waals surface area contributed by atoms with Crippen LogP contribution in [0.3, 0.4) is 0 Å². The van der Waals surface area contributed by atoms with E-state index in [1.165, 1.54) is 14.2 Å². The van der Waals surface area contributed by atoms with Gasteiger partial charge in [0, 0.05) is 20.8 Å². The minimum atomic E-state index is -1.85. The Morgan fingerprint density at radius 1 is 1.33 bits per heavy atom. The Morgan fingerprint density at radius 2 is 1.96 bits per heavy atom. The van der Waals surface area contributed by atoms with Crippen molar-refractivity contribution in [3.05, 3.63) is 24.3 Å². The SMILES string of the molecule is C=C(/C=C\CC)CNCC(=O)NC(CC(=O)O)C(CF)(OC)OC. The largest absolute Gasteiger partial charge is 0.481 e. The summed E-state index contributed by atoms with van der Waals surface area (Å²) in [4.78, 5) is 22.9. The van der Waals surface area contributed by atoms with Crippen molar-refractivity contribution >= 4 is 11.9 Å². The number of allylic oxidation sites excluding steroid dienone is 1. The summed E-state index contributed by atoms with van der Waals surface area (Å²) in [5.41, 5.74) is 0.804. The molecule has 0 aromatic heterocycles. The van der Waals surface area contributed by atoms with Crippen LogP contribution in [0.15, 0.2) is 24.3 Å². The summed E-state index contributed by atoms with van der Waals surface area (Å²) in [5, 5.41) is 14.3. The van der Waals surface area contributed by atoms with Crippen molar-refractivity contribution in [2.45, 2.75) is 31.6 Å². The molecule has 0 saturated heterocycles. The van der Waals surface area contributed by atoms with Crippen molar-refractivity contribution in [2.24, 2.45) is 0 Å². The molecule has 0 rings (SSSR count). The second-order valence-electron chi connectivity index (χ2n) is 5.14. The van der Waals surface area contributed by atoms with Crippen LogP contribution in [-0.4, -0.2) is 62.8 Å². The highest BCUT2D eigenvalue weighted by atomic mass is 19.1. The van der Waals surface area contributed by atoms with Crippen molar-refractivity contribution in [1.29, 1.82) is 0 Å². The Balaban J connectivity index is 4.68. The number of methoxy groups -OCH3 is 2. The fraction of sp³-hybridized carbons (Fsp3) is 0.625. The van der Waals surface area contributed by atoms with E-state index in [2.05, 4.69) is 17.2 Å². The zero-order valence-electron chi connectivity index (χ0n) is 14.4. The molecule has 1 amide bonds. The highest BCUT2D eigenvalue weighted by Gasteiger charge is 2.42. The van der Waals surface area contributed by atoms with Gasteiger partial charge in [0.2, 0.25) is 11.7 Å². The summed E-state index contributed by atoms with van der Waals surface area (Å²) in [6, 6.07) is -1.17. The molecule has 1 atom stereocenters. The van der Waals surface area contributed by atoms with Crippen molar-refractivity contribution < 1.29 is 28.6 Å². The molecule has 7 nitrogen and oxygen atoms in total. The molecule has 0 saturated carbocycles. The van der Waals surface area contributed by atoms with E-state index in [0.29, 0.717) is 6.54 Å². The normalized spacial score (nSPS) is 13.0. The first-order valence-corrected chi connectivity index (χ1v) is 7.57. The van der Waals surface area contributed by atoms with Crippen molar-refractivity contribution in [3.63, 3.8) is 0 Å². The predicted molar refractivity (Wildman–Crippen MR) is 88.3 cm³/mol. The lowest BCUT2D eigenvalue weighted by Gasteiger charge is -2.35. The average molecular weight is 346 g/mol. The van der Waals surface area contributed by atoms with Crippen LogP contribution in [-0.2, 0) is 19.1 Å². The number of carbonyl (C=O) groups excluding carboxylic acids is 1. The van der Waals surface area contributed by atoms with E-state index in [4.69, 9.17) is 14.6 Å². The third-order valence-electron chi connectivity index (χ3n) is 3.35. The molecule has 0 radical (unpaired) electrons. The van der Waals surface area contributed by atoms with Crippen molar-refractivity contribution in [3.8, 4) is 0 Å². The molecule has 0 bridgehead atoms. The second-order valence-corrected chi connectivity index (χ2v) is 5.14. The fourth-order valence-corrected chi connectivity index (χ4v) is 1.99. The molecule has 0 aliphatic rings. The number of halogens is 1. The molecule has 0 aliphatic heterocycles. The van der Waals surface area contributed by atoms with Crippen LogP contribution >= 0.6 is 0 Å². The standard InChI is InChI=1S/C16H27FN2O5/c1-5-6-7-12(2)9-18-10-14(20)19-13(8-15(21)22)16(11-17,23-3)24-4/h6-7,13,18H,2,5,8-11H2,1,3-4H3,(H,19,20)(H,21,22)/b7-6-. The Kier molecular flexibility index (Phi) is 10.9. The number of alkyl halides is 1. The highest BCUT2D eigenvalue weighted by molar-refractivity contribution is 5.79. The number of hydrogen-bond donors (Lipinski definition) is 3. The summed E-state index contributed by atoms with van der Waals surface area (Å²) < 4.78 is 23.2. The quantitative estimate of drug-likeness (QED) is 0.340. The lowest BCUT2D eigenvalue weighted by atomic mass is 10.0. The summed E-state index contributed by atoms with van der Waals surface area (Å²) in [6.07, 6.45) is 4.14. The number of hydrogen-bond acceptors (Lipinski definition) is 5. The molecule has 3 N–H and O–H groups in total. The number of aliphatic carboxylic acids is 1. The van der Waals surface area contributed by atoms with Gasteiger partial charge in [-0.2, -0.15) is 0 Å². The van der Waals surface area contributed by atoms with Gasteiger partial charge in [0.05, 0.1) is 19.0 Å². The Morgan fingerprint density at radius 3 is 2.42 bits per heavy atom. The maximum Gasteiger partial charge on any atom is 0.305 e. The zero-order chi connectivity index (χ0) is 18.6. The van der Waals surface area contributed by atoms with Crippen LogP contribution in [0.1, 0.15) is 19.8 Å². The lowest BCUT2D eigenvalue weighted by molar-refractivity contribution is -0.234. The Bertz CT molecular complexity index is 441. The molecule has 138 valence electrons. The van der Waals surface area contributed by atoms with Crippen LogP contribution in [0, 0.1) is 0 Å². The van der Waals surface area contributed by atoms with Crippen molar-refractivity contribution in [1.82, 2.24) is 10.6 Å². The van der Waals surface area contributed by atoms with Gasteiger partial charge in [0.15, 0.2) is 0 Å². The van der Waals surface area contributed by atoms with Gasteiger partial charge in [-0.05, 0) is 12.0 Å². The molecule has 0 heterocycles. The molecule has 0 aromatic rings. The Labute approximate surface area is 141 Å². The first-order valence-electron chi connectivity index (χ1n) is 7.57. The van der Waals surface area contributed by atoms with Crippen LogP contribution < -0.4 is 10.6 Å². The molecule has 0 aliphatic carbocycles. The maximum atomic E-state index is 13.3. The van der Waals surface area contributed by atoms with E-state index >= 15 is 0 Å². The third kappa shape index (κ3) is 7.67. The van der Waals surface area contributed by atoms with E-state index in [-0.39, 0.29) is 6.54 Å². The van der Waals surface area contributed by atoms with Crippen LogP contribution in [0.2, 0.25) is 0 Å². The second kappa shape index (κ2) is 11.7. The number of ether oxygens (including phenoxy) is 2. The zero-order valence-corrected chi connectivity index (χ0v) is 14.4. The first kappa shape index (κ1) is 22.2. The van der Waals surface area contributed by atoms with E-state index in [1.54, 1.807) is 0 Å². The highest BCUT2D eigenvalue weighted by Crippen LogP contribution is 2.20. The van der Waals surface area contributed by atoms with Gasteiger partial charge < -0.3 is 25.2 Å². The smallest absolute Gasteiger partial charge is 0.305 e. The minimum absolute atomic E-state index is 0.0785. The van der Waals surface area contributed by atoms with Gasteiger partial charge in [0.1, 0.15) is 6.67 Å². The molecule has 0 fully saturated rings. The first-order chi connectivity index (χ1) is 11.3. The van der Waals surface area contributed by atoms with Gasteiger partial charge in [-0.3, -0.25) is 9.59 Å². The molecule has 24 heavy (non-hydrogen) atoms. The summed E-state index contributed by atoms with van der Waals surface area (Å²) in [5.74, 6) is -3.56. The van der Waals surface area contributed by atoms with Gasteiger partial charge in [-0.15, -0.1) is 0 Å². The molecule has 0 aromatic carbocycles. The topological polar surface area (TPSA) is 96.9 Å². The molecule has 1 unspecified atom stereocenters. The van der Waals surface area contributed by atoms with Crippen LogP contribution in [0.4, 0.5) is 4.39 Å². The number of carbonyl (C=O) groups is 2. The molecular weight excluding hydrogens is 319 g/mol. The van der Waals surface area contributed by atoms with Gasteiger partial charge in [-0.1, -0.05) is 25.7 Å². The third-order valence-corrected chi connectivity index (χ3v) is 3.35. The average Bonchev–Trinajstić information content (AvgIpc) is 2.54. The van der Waals surface area contributed by atoms with Crippen molar-refractivity contribution in [2.75, 3.05) is 34.0 Å². The predicted octanol–water partition coefficient (Wildman–Crippen LogP) is 1.02. The van der Waals surface area contributed by atoms with E-state index < -0.39 is 36.8 Å². The van der Waals surface area contributed by atoms with E-state index in [1.807, 2.05) is 19.1 Å². The summed E-state index contributed by atoms with van der Waals surface area (Å²) in [6.45, 7) is 5.03. The fourth-order valence-electron chi connectivity index (χ4n) is 1.99. The maximum absolute atomic E-state index is 13.3. The van der Waals surface area contributed by atoms with Crippen LogP contribution in [0.5, 0.6) is 0 Å². The number of amides is 1. The Hall–Kier alpha value is -1.77. The summed E-state index contributed by atoms with van der Waals surface area (Å²) >= 11 is 0. The van der Waals surface area contributed by atoms with E-state index in [0.717, 1.165) is 12.0 Å². The molecule has 0 spiro atoms. The summed E-state index contributed by atoms with van der Waals surface area (Å²) in [7, 11) is 2.37. The molecule has 8 heteroatoms. The molecular formula is C16H27FN2O5. The number of rotatable bonds is 13. The number of nitrogens with one attached hydrogen (secondary N) is 2. The van der Waals surface area contributed by atoms with Gasteiger partial charge >= 0.3 is 5.97 Å². The van der Waals surface area contributed by atoms with Gasteiger partial charge in [0.25, 0.3) is 0 Å². The lowest BCUT2D eigenvalue weighted by Crippen LogP contribution is -2.58. The van der Waals surface area contributed by atoms with Gasteiger partial charge in [-0.25, -0.2) is 4.39 Å².